The van der Waals surface area contributed by atoms with Gasteiger partial charge in [0.05, 0.1) is 13.2 Å². The number of nitrogens with one attached hydrogen (secondary N) is 1. The summed E-state index contributed by atoms with van der Waals surface area (Å²) < 4.78 is 11.4. The molecule has 0 aliphatic carbocycles. The molecule has 0 unspecified atom stereocenters. The SMILES string of the molecule is CCC(CC)Oc1cc(CNCC(C)C)ccc1OC. The summed E-state index contributed by atoms with van der Waals surface area (Å²) in [5.74, 6) is 2.32. The van der Waals surface area contributed by atoms with Gasteiger partial charge in [0.15, 0.2) is 11.5 Å². The molecule has 20 heavy (non-hydrogen) atoms. The molecule has 0 bridgehead atoms. The minimum atomic E-state index is 0.253. The second-order valence-corrected chi connectivity index (χ2v) is 5.57. The van der Waals surface area contributed by atoms with Crippen LogP contribution in [0.1, 0.15) is 46.1 Å². The van der Waals surface area contributed by atoms with Gasteiger partial charge in [-0.3, -0.25) is 0 Å². The predicted molar refractivity (Wildman–Crippen MR) is 84.5 cm³/mol. The lowest BCUT2D eigenvalue weighted by atomic mass is 10.1. The molecule has 0 aliphatic heterocycles. The Hall–Kier alpha value is -1.22. The zero-order valence-electron chi connectivity index (χ0n) is 13.5. The summed E-state index contributed by atoms with van der Waals surface area (Å²) in [6, 6.07) is 6.17. The highest BCUT2D eigenvalue weighted by Crippen LogP contribution is 2.29. The van der Waals surface area contributed by atoms with Gasteiger partial charge in [-0.05, 0) is 43.0 Å². The van der Waals surface area contributed by atoms with Crippen molar-refractivity contribution >= 4 is 0 Å². The maximum Gasteiger partial charge on any atom is 0.161 e. The number of hydrogen-bond acceptors (Lipinski definition) is 3. The van der Waals surface area contributed by atoms with E-state index in [1.54, 1.807) is 7.11 Å². The van der Waals surface area contributed by atoms with E-state index in [-0.39, 0.29) is 6.10 Å². The molecule has 0 spiro atoms. The van der Waals surface area contributed by atoms with E-state index in [0.717, 1.165) is 37.4 Å². The fraction of sp³-hybridized carbons (Fsp3) is 0.647. The minimum Gasteiger partial charge on any atom is -0.493 e. The van der Waals surface area contributed by atoms with Crippen LogP contribution in [-0.2, 0) is 6.54 Å². The van der Waals surface area contributed by atoms with E-state index in [9.17, 15) is 0 Å². The Balaban J connectivity index is 2.74. The molecule has 0 saturated carbocycles. The number of methoxy groups -OCH3 is 1. The first-order valence-corrected chi connectivity index (χ1v) is 7.64. The summed E-state index contributed by atoms with van der Waals surface area (Å²) in [6.07, 6.45) is 2.27. The highest BCUT2D eigenvalue weighted by atomic mass is 16.5. The molecule has 0 aromatic heterocycles. The average molecular weight is 279 g/mol. The Morgan fingerprint density at radius 3 is 2.35 bits per heavy atom. The third kappa shape index (κ3) is 5.41. The number of benzene rings is 1. The highest BCUT2D eigenvalue weighted by molar-refractivity contribution is 5.43. The van der Waals surface area contributed by atoms with Crippen molar-refractivity contribution in [3.63, 3.8) is 0 Å². The molecule has 1 aromatic carbocycles. The molecule has 0 heterocycles. The molecule has 0 amide bonds. The van der Waals surface area contributed by atoms with Crippen LogP contribution < -0.4 is 14.8 Å². The molecule has 1 N–H and O–H groups in total. The first-order chi connectivity index (χ1) is 9.60. The Morgan fingerprint density at radius 1 is 1.10 bits per heavy atom. The Kier molecular flexibility index (Phi) is 7.45. The van der Waals surface area contributed by atoms with Crippen molar-refractivity contribution in [2.45, 2.75) is 53.2 Å². The van der Waals surface area contributed by atoms with E-state index >= 15 is 0 Å². The first kappa shape index (κ1) is 16.8. The summed E-state index contributed by atoms with van der Waals surface area (Å²) in [5.41, 5.74) is 1.23. The van der Waals surface area contributed by atoms with Crippen molar-refractivity contribution in [1.82, 2.24) is 5.32 Å². The second kappa shape index (κ2) is 8.85. The van der Waals surface area contributed by atoms with Crippen molar-refractivity contribution in [2.24, 2.45) is 5.92 Å². The van der Waals surface area contributed by atoms with E-state index < -0.39 is 0 Å². The van der Waals surface area contributed by atoms with E-state index in [0.29, 0.717) is 5.92 Å². The van der Waals surface area contributed by atoms with Gasteiger partial charge in [-0.2, -0.15) is 0 Å². The summed E-state index contributed by atoms with van der Waals surface area (Å²) in [5, 5.41) is 3.45. The van der Waals surface area contributed by atoms with Gasteiger partial charge in [0.25, 0.3) is 0 Å². The molecule has 0 aliphatic rings. The van der Waals surface area contributed by atoms with Crippen molar-refractivity contribution in [2.75, 3.05) is 13.7 Å². The first-order valence-electron chi connectivity index (χ1n) is 7.64. The molecule has 0 fully saturated rings. The molecule has 0 radical (unpaired) electrons. The van der Waals surface area contributed by atoms with Gasteiger partial charge in [-0.15, -0.1) is 0 Å². The molecule has 1 rings (SSSR count). The van der Waals surface area contributed by atoms with Gasteiger partial charge in [-0.1, -0.05) is 33.8 Å². The van der Waals surface area contributed by atoms with E-state index in [2.05, 4.69) is 45.1 Å². The van der Waals surface area contributed by atoms with Crippen LogP contribution in [0, 0.1) is 5.92 Å². The summed E-state index contributed by atoms with van der Waals surface area (Å²) in [6.45, 7) is 10.6. The lowest BCUT2D eigenvalue weighted by molar-refractivity contribution is 0.185. The Labute approximate surface area is 123 Å². The number of rotatable bonds is 9. The zero-order valence-corrected chi connectivity index (χ0v) is 13.5. The van der Waals surface area contributed by atoms with Crippen molar-refractivity contribution in [1.29, 1.82) is 0 Å². The number of ether oxygens (including phenoxy) is 2. The second-order valence-electron chi connectivity index (χ2n) is 5.57. The lowest BCUT2D eigenvalue weighted by Gasteiger charge is -2.19. The normalized spacial score (nSPS) is 11.2. The molecule has 1 aromatic rings. The predicted octanol–water partition coefficient (Wildman–Crippen LogP) is 4.01. The lowest BCUT2D eigenvalue weighted by Crippen LogP contribution is -2.19. The van der Waals surface area contributed by atoms with Crippen molar-refractivity contribution < 1.29 is 9.47 Å². The molecule has 3 nitrogen and oxygen atoms in total. The van der Waals surface area contributed by atoms with Gasteiger partial charge in [0, 0.05) is 6.54 Å². The van der Waals surface area contributed by atoms with Gasteiger partial charge in [-0.25, -0.2) is 0 Å². The van der Waals surface area contributed by atoms with E-state index in [1.807, 2.05) is 6.07 Å². The third-order valence-electron chi connectivity index (χ3n) is 3.31. The summed E-state index contributed by atoms with van der Waals surface area (Å²) >= 11 is 0. The summed E-state index contributed by atoms with van der Waals surface area (Å²) in [4.78, 5) is 0. The fourth-order valence-electron chi connectivity index (χ4n) is 2.06. The molecule has 0 atom stereocenters. The maximum atomic E-state index is 6.05. The van der Waals surface area contributed by atoms with Gasteiger partial charge < -0.3 is 14.8 Å². The van der Waals surface area contributed by atoms with Crippen LogP contribution in [0.15, 0.2) is 18.2 Å². The van der Waals surface area contributed by atoms with Crippen LogP contribution in [0.2, 0.25) is 0 Å². The van der Waals surface area contributed by atoms with Crippen LogP contribution in [0.25, 0.3) is 0 Å². The molecular formula is C17H29NO2. The van der Waals surface area contributed by atoms with Crippen LogP contribution in [0.3, 0.4) is 0 Å². The maximum absolute atomic E-state index is 6.05. The van der Waals surface area contributed by atoms with Crippen molar-refractivity contribution in [3.8, 4) is 11.5 Å². The summed E-state index contributed by atoms with van der Waals surface area (Å²) in [7, 11) is 1.69. The molecule has 3 heteroatoms. The van der Waals surface area contributed by atoms with Crippen LogP contribution in [-0.4, -0.2) is 19.8 Å². The van der Waals surface area contributed by atoms with Crippen LogP contribution in [0.4, 0.5) is 0 Å². The zero-order chi connectivity index (χ0) is 15.0. The topological polar surface area (TPSA) is 30.5 Å². The van der Waals surface area contributed by atoms with Gasteiger partial charge in [0.2, 0.25) is 0 Å². The largest absolute Gasteiger partial charge is 0.493 e. The Morgan fingerprint density at radius 2 is 1.80 bits per heavy atom. The molecule has 114 valence electrons. The standard InChI is InChI=1S/C17H29NO2/c1-6-15(7-2)20-17-10-14(8-9-16(17)19-5)12-18-11-13(3)4/h8-10,13,15,18H,6-7,11-12H2,1-5H3. The van der Waals surface area contributed by atoms with E-state index in [1.165, 1.54) is 5.56 Å². The molecule has 0 saturated heterocycles. The van der Waals surface area contributed by atoms with E-state index in [4.69, 9.17) is 9.47 Å². The van der Waals surface area contributed by atoms with Crippen LogP contribution >= 0.6 is 0 Å². The fourth-order valence-corrected chi connectivity index (χ4v) is 2.06. The smallest absolute Gasteiger partial charge is 0.161 e. The third-order valence-corrected chi connectivity index (χ3v) is 3.31. The number of hydrogen-bond donors (Lipinski definition) is 1. The van der Waals surface area contributed by atoms with Crippen LogP contribution in [0.5, 0.6) is 11.5 Å². The highest BCUT2D eigenvalue weighted by Gasteiger charge is 2.11. The molecular weight excluding hydrogens is 250 g/mol. The van der Waals surface area contributed by atoms with Gasteiger partial charge >= 0.3 is 0 Å². The Bertz CT molecular complexity index is 387. The quantitative estimate of drug-likeness (QED) is 0.741. The average Bonchev–Trinajstić information content (AvgIpc) is 2.44. The van der Waals surface area contributed by atoms with Crippen molar-refractivity contribution in [3.05, 3.63) is 23.8 Å². The monoisotopic (exact) mass is 279 g/mol. The van der Waals surface area contributed by atoms with Gasteiger partial charge in [0.1, 0.15) is 0 Å². The minimum absolute atomic E-state index is 0.253.